The smallest absolute Gasteiger partial charge is 0.307 e. The Morgan fingerprint density at radius 3 is 2.75 bits per heavy atom. The summed E-state index contributed by atoms with van der Waals surface area (Å²) < 4.78 is 4.96. The van der Waals surface area contributed by atoms with Crippen molar-refractivity contribution in [1.29, 1.82) is 0 Å². The molecule has 0 saturated heterocycles. The van der Waals surface area contributed by atoms with Crippen molar-refractivity contribution in [3.8, 4) is 11.5 Å². The van der Waals surface area contributed by atoms with Gasteiger partial charge in [0.05, 0.1) is 13.0 Å². The van der Waals surface area contributed by atoms with Crippen LogP contribution < -0.4 is 4.74 Å². The summed E-state index contributed by atoms with van der Waals surface area (Å²) in [6.07, 6.45) is 0.534. The second-order valence-electron chi connectivity index (χ2n) is 3.83. The molecule has 1 fully saturated rings. The minimum Gasteiger partial charge on any atom is -0.504 e. The Hall–Kier alpha value is -1.42. The largest absolute Gasteiger partial charge is 0.504 e. The maximum absolute atomic E-state index is 10.8. The number of methoxy groups -OCH3 is 1. The van der Waals surface area contributed by atoms with E-state index in [4.69, 9.17) is 21.4 Å². The van der Waals surface area contributed by atoms with E-state index in [1.54, 1.807) is 6.07 Å². The number of rotatable bonds is 3. The van der Waals surface area contributed by atoms with Crippen molar-refractivity contribution in [2.75, 3.05) is 7.11 Å². The molecule has 0 bridgehead atoms. The van der Waals surface area contributed by atoms with Gasteiger partial charge in [0.15, 0.2) is 11.5 Å². The summed E-state index contributed by atoms with van der Waals surface area (Å²) in [5.74, 6) is -1.17. The van der Waals surface area contributed by atoms with Crippen molar-refractivity contribution in [2.24, 2.45) is 5.92 Å². The van der Waals surface area contributed by atoms with Gasteiger partial charge in [-0.2, -0.15) is 0 Å². The van der Waals surface area contributed by atoms with Gasteiger partial charge >= 0.3 is 5.97 Å². The molecule has 1 aromatic carbocycles. The van der Waals surface area contributed by atoms with Crippen LogP contribution in [0.2, 0.25) is 5.02 Å². The normalized spacial score (nSPS) is 22.9. The third kappa shape index (κ3) is 1.80. The van der Waals surface area contributed by atoms with Gasteiger partial charge in [0.2, 0.25) is 0 Å². The molecule has 2 rings (SSSR count). The van der Waals surface area contributed by atoms with Crippen molar-refractivity contribution in [1.82, 2.24) is 0 Å². The minimum atomic E-state index is -0.844. The van der Waals surface area contributed by atoms with Crippen LogP contribution in [0.15, 0.2) is 12.1 Å². The first-order valence-corrected chi connectivity index (χ1v) is 5.21. The summed E-state index contributed by atoms with van der Waals surface area (Å²) in [6, 6.07) is 3.09. The molecular weight excluding hydrogens is 232 g/mol. The summed E-state index contributed by atoms with van der Waals surface area (Å²) in [7, 11) is 1.43. The highest BCUT2D eigenvalue weighted by molar-refractivity contribution is 6.30. The lowest BCUT2D eigenvalue weighted by atomic mass is 10.1. The summed E-state index contributed by atoms with van der Waals surface area (Å²) in [4.78, 5) is 10.8. The van der Waals surface area contributed by atoms with E-state index in [0.29, 0.717) is 17.0 Å². The van der Waals surface area contributed by atoms with E-state index in [1.165, 1.54) is 13.2 Å². The van der Waals surface area contributed by atoms with Crippen LogP contribution in [0.4, 0.5) is 0 Å². The lowest BCUT2D eigenvalue weighted by Gasteiger charge is -2.09. The summed E-state index contributed by atoms with van der Waals surface area (Å²) in [5.41, 5.74) is 0.553. The molecule has 0 spiro atoms. The first kappa shape index (κ1) is 11.1. The molecule has 2 unspecified atom stereocenters. The van der Waals surface area contributed by atoms with Gasteiger partial charge in [0.1, 0.15) is 0 Å². The van der Waals surface area contributed by atoms with Crippen molar-refractivity contribution >= 4 is 17.6 Å². The Kier molecular flexibility index (Phi) is 2.68. The molecule has 4 nitrogen and oxygen atoms in total. The van der Waals surface area contributed by atoms with E-state index in [-0.39, 0.29) is 17.4 Å². The van der Waals surface area contributed by atoms with Crippen LogP contribution in [0.5, 0.6) is 11.5 Å². The van der Waals surface area contributed by atoms with Gasteiger partial charge in [-0.3, -0.25) is 4.79 Å². The zero-order valence-corrected chi connectivity index (χ0v) is 9.36. The number of benzene rings is 1. The van der Waals surface area contributed by atoms with Gasteiger partial charge in [-0.1, -0.05) is 11.6 Å². The highest BCUT2D eigenvalue weighted by atomic mass is 35.5. The minimum absolute atomic E-state index is 0.0133. The zero-order valence-electron chi connectivity index (χ0n) is 8.61. The Morgan fingerprint density at radius 1 is 1.56 bits per heavy atom. The summed E-state index contributed by atoms with van der Waals surface area (Å²) >= 11 is 5.86. The Bertz CT molecular complexity index is 444. The molecule has 2 N–H and O–H groups in total. The molecule has 0 heterocycles. The van der Waals surface area contributed by atoms with E-state index in [1.807, 2.05) is 0 Å². The molecule has 5 heteroatoms. The summed E-state index contributed by atoms with van der Waals surface area (Å²) in [5, 5.41) is 19.1. The van der Waals surface area contributed by atoms with Gasteiger partial charge in [0, 0.05) is 22.6 Å². The average molecular weight is 243 g/mol. The lowest BCUT2D eigenvalue weighted by Crippen LogP contribution is -1.99. The monoisotopic (exact) mass is 242 g/mol. The van der Waals surface area contributed by atoms with Crippen molar-refractivity contribution < 1.29 is 19.7 Å². The van der Waals surface area contributed by atoms with Crippen LogP contribution in [0.1, 0.15) is 17.9 Å². The number of ether oxygens (including phenoxy) is 1. The van der Waals surface area contributed by atoms with Crippen molar-refractivity contribution in [3.05, 3.63) is 22.7 Å². The van der Waals surface area contributed by atoms with Gasteiger partial charge < -0.3 is 14.9 Å². The molecule has 86 valence electrons. The molecule has 2 atom stereocenters. The van der Waals surface area contributed by atoms with E-state index < -0.39 is 11.9 Å². The number of aromatic hydroxyl groups is 1. The number of carbonyl (C=O) groups is 1. The molecule has 0 aliphatic heterocycles. The average Bonchev–Trinajstić information content (AvgIpc) is 3.00. The maximum atomic E-state index is 10.8. The van der Waals surface area contributed by atoms with E-state index in [0.717, 1.165) is 0 Å². The standard InChI is InChI=1S/C11H11ClO4/c1-16-9-3-5(12)2-7(10(9)13)6-4-8(6)11(14)15/h2-3,6,8,13H,4H2,1H3,(H,14,15). The molecule has 0 radical (unpaired) electrons. The number of carboxylic acid groups (broad SMARTS) is 1. The van der Waals surface area contributed by atoms with Gasteiger partial charge in [-0.15, -0.1) is 0 Å². The van der Waals surface area contributed by atoms with Gasteiger partial charge in [-0.25, -0.2) is 0 Å². The molecule has 1 saturated carbocycles. The van der Waals surface area contributed by atoms with Crippen LogP contribution in [0.3, 0.4) is 0 Å². The van der Waals surface area contributed by atoms with Crippen LogP contribution in [-0.2, 0) is 4.79 Å². The number of hydrogen-bond donors (Lipinski definition) is 2. The fourth-order valence-corrected chi connectivity index (χ4v) is 2.06. The fraction of sp³-hybridized carbons (Fsp3) is 0.364. The van der Waals surface area contributed by atoms with Crippen LogP contribution in [0.25, 0.3) is 0 Å². The summed E-state index contributed by atoms with van der Waals surface area (Å²) in [6.45, 7) is 0. The Balaban J connectivity index is 2.35. The van der Waals surface area contributed by atoms with E-state index in [9.17, 15) is 9.90 Å². The number of phenols is 1. The van der Waals surface area contributed by atoms with Crippen molar-refractivity contribution in [3.63, 3.8) is 0 Å². The Morgan fingerprint density at radius 2 is 2.25 bits per heavy atom. The topological polar surface area (TPSA) is 66.8 Å². The van der Waals surface area contributed by atoms with Crippen LogP contribution in [0, 0.1) is 5.92 Å². The molecule has 1 aliphatic rings. The van der Waals surface area contributed by atoms with Crippen LogP contribution in [-0.4, -0.2) is 23.3 Å². The zero-order chi connectivity index (χ0) is 11.9. The molecule has 0 amide bonds. The van der Waals surface area contributed by atoms with Gasteiger partial charge in [0.25, 0.3) is 0 Å². The fourth-order valence-electron chi connectivity index (χ4n) is 1.84. The number of aliphatic carboxylic acids is 1. The molecule has 1 aromatic rings. The second-order valence-corrected chi connectivity index (χ2v) is 4.27. The van der Waals surface area contributed by atoms with Crippen LogP contribution >= 0.6 is 11.6 Å². The number of hydrogen-bond acceptors (Lipinski definition) is 3. The first-order valence-electron chi connectivity index (χ1n) is 4.83. The highest BCUT2D eigenvalue weighted by Gasteiger charge is 2.46. The molecule has 0 aromatic heterocycles. The first-order chi connectivity index (χ1) is 7.54. The number of halogens is 1. The predicted octanol–water partition coefficient (Wildman–Crippen LogP) is 2.24. The Labute approximate surface area is 97.4 Å². The van der Waals surface area contributed by atoms with E-state index in [2.05, 4.69) is 0 Å². The molecule has 1 aliphatic carbocycles. The third-order valence-corrected chi connectivity index (χ3v) is 3.01. The number of carboxylic acids is 1. The molecule has 16 heavy (non-hydrogen) atoms. The predicted molar refractivity (Wildman–Crippen MR) is 58.2 cm³/mol. The number of phenolic OH excluding ortho intramolecular Hbond substituents is 1. The lowest BCUT2D eigenvalue weighted by molar-refractivity contribution is -0.138. The highest BCUT2D eigenvalue weighted by Crippen LogP contribution is 2.52. The maximum Gasteiger partial charge on any atom is 0.307 e. The van der Waals surface area contributed by atoms with Crippen molar-refractivity contribution in [2.45, 2.75) is 12.3 Å². The van der Waals surface area contributed by atoms with Gasteiger partial charge in [-0.05, 0) is 12.5 Å². The van der Waals surface area contributed by atoms with E-state index >= 15 is 0 Å². The molecular formula is C11H11ClO4. The third-order valence-electron chi connectivity index (χ3n) is 2.80. The second kappa shape index (κ2) is 3.87. The SMILES string of the molecule is COc1cc(Cl)cc(C2CC2C(=O)O)c1O. The quantitative estimate of drug-likeness (QED) is 0.853.